The Balaban J connectivity index is 1.89. The van der Waals surface area contributed by atoms with Crippen LogP contribution in [0.2, 0.25) is 5.02 Å². The molecule has 0 aliphatic carbocycles. The van der Waals surface area contributed by atoms with Gasteiger partial charge in [0, 0.05) is 23.6 Å². The lowest BCUT2D eigenvalue weighted by Crippen LogP contribution is -2.41. The zero-order valence-electron chi connectivity index (χ0n) is 17.2. The second kappa shape index (κ2) is 10.3. The van der Waals surface area contributed by atoms with E-state index in [1.54, 1.807) is 24.3 Å². The van der Waals surface area contributed by atoms with E-state index < -0.39 is 11.9 Å². The van der Waals surface area contributed by atoms with Gasteiger partial charge in [-0.1, -0.05) is 23.4 Å². The Morgan fingerprint density at radius 1 is 1.26 bits per heavy atom. The summed E-state index contributed by atoms with van der Waals surface area (Å²) in [5.74, 6) is -0.595. The van der Waals surface area contributed by atoms with Crippen molar-refractivity contribution in [1.82, 2.24) is 20.2 Å². The Bertz CT molecular complexity index is 1170. The molecule has 0 aliphatic rings. The topological polar surface area (TPSA) is 102 Å². The van der Waals surface area contributed by atoms with Crippen LogP contribution in [0.1, 0.15) is 10.4 Å². The van der Waals surface area contributed by atoms with Crippen LogP contribution in [0, 0.1) is 13.8 Å². The zero-order chi connectivity index (χ0) is 22.5. The fourth-order valence-electron chi connectivity index (χ4n) is 2.79. The lowest BCUT2D eigenvalue weighted by atomic mass is 10.2. The van der Waals surface area contributed by atoms with Gasteiger partial charge in [0.25, 0.3) is 5.56 Å². The number of urea groups is 1. The number of halogens is 1. The molecular formula is C20H21ClN4O4S2. The van der Waals surface area contributed by atoms with Crippen molar-refractivity contribution in [2.75, 3.05) is 26.0 Å². The summed E-state index contributed by atoms with van der Waals surface area (Å²) >= 11 is 8.51. The molecule has 31 heavy (non-hydrogen) atoms. The molecule has 0 bridgehead atoms. The van der Waals surface area contributed by atoms with Crippen molar-refractivity contribution in [3.05, 3.63) is 50.1 Å². The van der Waals surface area contributed by atoms with Gasteiger partial charge in [0.05, 0.1) is 23.4 Å². The maximum atomic E-state index is 13.3. The van der Waals surface area contributed by atoms with Crippen molar-refractivity contribution in [3.63, 3.8) is 0 Å². The summed E-state index contributed by atoms with van der Waals surface area (Å²) in [6, 6.07) is 6.21. The molecule has 0 fully saturated rings. The number of rotatable bonds is 7. The van der Waals surface area contributed by atoms with Crippen LogP contribution in [0.4, 0.5) is 4.79 Å². The van der Waals surface area contributed by atoms with Gasteiger partial charge in [-0.15, -0.1) is 11.3 Å². The average Bonchev–Trinajstić information content (AvgIpc) is 3.01. The number of aromatic nitrogens is 2. The third kappa shape index (κ3) is 5.45. The normalized spacial score (nSPS) is 11.0. The number of carbonyl (C=O) groups is 2. The number of nitrogens with zero attached hydrogens (tertiary/aromatic N) is 2. The summed E-state index contributed by atoms with van der Waals surface area (Å²) < 4.78 is 6.31. The van der Waals surface area contributed by atoms with Crippen LogP contribution in [0.15, 0.2) is 34.2 Å². The van der Waals surface area contributed by atoms with Crippen LogP contribution in [0.25, 0.3) is 15.9 Å². The lowest BCUT2D eigenvalue weighted by Gasteiger charge is -2.12. The van der Waals surface area contributed by atoms with E-state index in [2.05, 4.69) is 15.6 Å². The van der Waals surface area contributed by atoms with Crippen LogP contribution in [0.5, 0.6) is 0 Å². The molecule has 2 N–H and O–H groups in total. The second-order valence-electron chi connectivity index (χ2n) is 6.56. The van der Waals surface area contributed by atoms with Crippen molar-refractivity contribution >= 4 is 56.9 Å². The number of benzene rings is 1. The number of thiophene rings is 1. The highest BCUT2D eigenvalue weighted by molar-refractivity contribution is 7.99. The molecule has 2 heterocycles. The van der Waals surface area contributed by atoms with E-state index in [0.717, 1.165) is 22.2 Å². The molecule has 2 aromatic heterocycles. The molecule has 1 aromatic carbocycles. The number of nitrogens with one attached hydrogen (secondary N) is 2. The summed E-state index contributed by atoms with van der Waals surface area (Å²) in [5, 5.41) is 6.22. The first-order chi connectivity index (χ1) is 14.8. The van der Waals surface area contributed by atoms with Gasteiger partial charge in [-0.05, 0) is 43.7 Å². The fraction of sp³-hybridized carbons (Fsp3) is 0.300. The number of methoxy groups -OCH3 is 1. The van der Waals surface area contributed by atoms with E-state index in [1.165, 1.54) is 23.0 Å². The van der Waals surface area contributed by atoms with E-state index in [9.17, 15) is 14.4 Å². The molecule has 3 amide bonds. The minimum absolute atomic E-state index is 0.0907. The third-order valence-corrected chi connectivity index (χ3v) is 6.73. The third-order valence-electron chi connectivity index (χ3n) is 4.43. The van der Waals surface area contributed by atoms with Crippen LogP contribution in [-0.2, 0) is 9.53 Å². The second-order valence-corrected chi connectivity index (χ2v) is 9.14. The molecule has 11 heteroatoms. The first kappa shape index (κ1) is 23.3. The van der Waals surface area contributed by atoms with E-state index >= 15 is 0 Å². The monoisotopic (exact) mass is 480 g/mol. The van der Waals surface area contributed by atoms with Gasteiger partial charge in [0.15, 0.2) is 5.16 Å². The first-order valence-corrected chi connectivity index (χ1v) is 11.5. The number of amides is 3. The van der Waals surface area contributed by atoms with E-state index in [1.807, 2.05) is 13.8 Å². The summed E-state index contributed by atoms with van der Waals surface area (Å²) in [6.07, 6.45) is 0. The minimum Gasteiger partial charge on any atom is -0.383 e. The maximum Gasteiger partial charge on any atom is 0.321 e. The van der Waals surface area contributed by atoms with Crippen LogP contribution in [0.3, 0.4) is 0 Å². The molecule has 0 aliphatic heterocycles. The Labute approximate surface area is 192 Å². The molecule has 3 aromatic rings. The average molecular weight is 481 g/mol. The molecule has 0 saturated carbocycles. The molecule has 3 rings (SSSR count). The molecule has 8 nitrogen and oxygen atoms in total. The Kier molecular flexibility index (Phi) is 7.71. The number of hydrogen-bond donors (Lipinski definition) is 2. The fourth-order valence-corrected chi connectivity index (χ4v) is 4.80. The number of aryl methyl sites for hydroxylation is 2. The van der Waals surface area contributed by atoms with Gasteiger partial charge in [0.2, 0.25) is 5.91 Å². The number of imide groups is 1. The molecule has 0 atom stereocenters. The van der Waals surface area contributed by atoms with Crippen molar-refractivity contribution in [1.29, 1.82) is 0 Å². The summed E-state index contributed by atoms with van der Waals surface area (Å²) in [6.45, 7) is 4.46. The van der Waals surface area contributed by atoms with Crippen molar-refractivity contribution < 1.29 is 14.3 Å². The lowest BCUT2D eigenvalue weighted by molar-refractivity contribution is -0.117. The zero-order valence-corrected chi connectivity index (χ0v) is 19.5. The predicted molar refractivity (Wildman–Crippen MR) is 124 cm³/mol. The van der Waals surface area contributed by atoms with E-state index in [0.29, 0.717) is 32.7 Å². The van der Waals surface area contributed by atoms with Crippen molar-refractivity contribution in [2.24, 2.45) is 0 Å². The van der Waals surface area contributed by atoms with E-state index in [-0.39, 0.29) is 17.9 Å². The molecule has 0 radical (unpaired) electrons. The number of ether oxygens (including phenoxy) is 1. The summed E-state index contributed by atoms with van der Waals surface area (Å²) in [5.41, 5.74) is 1.27. The highest BCUT2D eigenvalue weighted by Crippen LogP contribution is 2.29. The van der Waals surface area contributed by atoms with Gasteiger partial charge in [0.1, 0.15) is 4.83 Å². The number of hydrogen-bond acceptors (Lipinski definition) is 7. The Morgan fingerprint density at radius 2 is 1.97 bits per heavy atom. The van der Waals surface area contributed by atoms with Crippen LogP contribution >= 0.6 is 34.7 Å². The Morgan fingerprint density at radius 3 is 2.65 bits per heavy atom. The quantitative estimate of drug-likeness (QED) is 0.305. The smallest absolute Gasteiger partial charge is 0.321 e. The molecule has 0 unspecified atom stereocenters. The standard InChI is InChI=1S/C20H21ClN4O4S2/c1-11-12(2)31-17-16(11)18(27)25(14-6-4-13(21)5-7-14)20(24-17)30-10-15(26)23-19(28)22-8-9-29-3/h4-7H,8-10H2,1-3H3,(H2,22,23,26,28). The minimum atomic E-state index is -0.606. The van der Waals surface area contributed by atoms with Gasteiger partial charge in [-0.2, -0.15) is 0 Å². The molecule has 0 saturated heterocycles. The highest BCUT2D eigenvalue weighted by atomic mass is 35.5. The van der Waals surface area contributed by atoms with Crippen LogP contribution < -0.4 is 16.2 Å². The molecule has 164 valence electrons. The molecular weight excluding hydrogens is 460 g/mol. The number of fused-ring (bicyclic) bond motifs is 1. The highest BCUT2D eigenvalue weighted by Gasteiger charge is 2.19. The van der Waals surface area contributed by atoms with Crippen molar-refractivity contribution in [3.8, 4) is 5.69 Å². The summed E-state index contributed by atoms with van der Waals surface area (Å²) in [4.78, 5) is 43.6. The number of carbonyl (C=O) groups excluding carboxylic acids is 2. The van der Waals surface area contributed by atoms with Gasteiger partial charge in [-0.3, -0.25) is 19.5 Å². The molecule has 0 spiro atoms. The number of thioether (sulfide) groups is 1. The van der Waals surface area contributed by atoms with Gasteiger partial charge in [-0.25, -0.2) is 9.78 Å². The van der Waals surface area contributed by atoms with Crippen molar-refractivity contribution in [2.45, 2.75) is 19.0 Å². The first-order valence-electron chi connectivity index (χ1n) is 9.30. The Hall–Kier alpha value is -2.40. The van der Waals surface area contributed by atoms with Gasteiger partial charge < -0.3 is 10.1 Å². The SMILES string of the molecule is COCCNC(=O)NC(=O)CSc1nc2sc(C)c(C)c2c(=O)n1-c1ccc(Cl)cc1. The van der Waals surface area contributed by atoms with Crippen LogP contribution in [-0.4, -0.2) is 47.5 Å². The summed E-state index contributed by atoms with van der Waals surface area (Å²) in [7, 11) is 1.52. The largest absolute Gasteiger partial charge is 0.383 e. The predicted octanol–water partition coefficient (Wildman–Crippen LogP) is 3.28. The van der Waals surface area contributed by atoms with Gasteiger partial charge >= 0.3 is 6.03 Å². The van der Waals surface area contributed by atoms with E-state index in [4.69, 9.17) is 16.3 Å². The maximum absolute atomic E-state index is 13.3.